The number of hydrogen-bond acceptors (Lipinski definition) is 5. The Hall–Kier alpha value is -1.11. The van der Waals surface area contributed by atoms with E-state index in [4.69, 9.17) is 4.74 Å². The molecule has 6 nitrogen and oxygen atoms in total. The molecule has 1 amide bonds. The smallest absolute Gasteiger partial charge is 0.326 e. The quantitative estimate of drug-likeness (QED) is 0.490. The van der Waals surface area contributed by atoms with Crippen LogP contribution in [0.15, 0.2) is 0 Å². The molecule has 0 spiro atoms. The van der Waals surface area contributed by atoms with Crippen molar-refractivity contribution in [2.24, 2.45) is 0 Å². The molecule has 0 saturated heterocycles. The molecular weight excluding hydrogens is 282 g/mol. The minimum atomic E-state index is -4.02. The van der Waals surface area contributed by atoms with Crippen molar-refractivity contribution in [2.45, 2.75) is 64.5 Å². The minimum Gasteiger partial charge on any atom is -0.465 e. The van der Waals surface area contributed by atoms with Crippen molar-refractivity contribution in [1.82, 2.24) is 4.72 Å². The number of sulfonamides is 1. The van der Waals surface area contributed by atoms with Crippen LogP contribution in [0.5, 0.6) is 0 Å². The van der Waals surface area contributed by atoms with Gasteiger partial charge in [-0.15, -0.1) is 0 Å². The summed E-state index contributed by atoms with van der Waals surface area (Å²) < 4.78 is 30.8. The van der Waals surface area contributed by atoms with Crippen LogP contribution in [0, 0.1) is 0 Å². The molecule has 0 rings (SSSR count). The minimum absolute atomic E-state index is 0.110. The number of unbranched alkanes of at least 4 members (excludes halogenated alkanes) is 2. The van der Waals surface area contributed by atoms with E-state index in [-0.39, 0.29) is 19.4 Å². The van der Waals surface area contributed by atoms with Crippen molar-refractivity contribution in [2.75, 3.05) is 6.61 Å². The van der Waals surface area contributed by atoms with Gasteiger partial charge >= 0.3 is 5.97 Å². The molecule has 0 heterocycles. The fourth-order valence-electron chi connectivity index (χ4n) is 1.71. The monoisotopic (exact) mass is 307 g/mol. The Morgan fingerprint density at radius 2 is 1.75 bits per heavy atom. The Labute approximate surface area is 121 Å². The highest BCUT2D eigenvalue weighted by atomic mass is 32.2. The fraction of sp³-hybridized carbons (Fsp3) is 0.846. The zero-order valence-corrected chi connectivity index (χ0v) is 13.3. The van der Waals surface area contributed by atoms with Gasteiger partial charge in [0.05, 0.1) is 6.61 Å². The highest BCUT2D eigenvalue weighted by Crippen LogP contribution is 2.10. The van der Waals surface area contributed by atoms with E-state index in [9.17, 15) is 18.0 Å². The lowest BCUT2D eigenvalue weighted by atomic mass is 10.2. The SMILES string of the molecule is CCCCCC(=O)NS(=O)(=O)[C@@H](CCC)C(=O)OCC. The summed E-state index contributed by atoms with van der Waals surface area (Å²) in [6.45, 7) is 5.48. The summed E-state index contributed by atoms with van der Waals surface area (Å²) in [6.07, 6.45) is 3.24. The Balaban J connectivity index is 4.69. The molecule has 7 heteroatoms. The van der Waals surface area contributed by atoms with Gasteiger partial charge in [0.25, 0.3) is 0 Å². The van der Waals surface area contributed by atoms with Crippen molar-refractivity contribution < 1.29 is 22.7 Å². The third-order valence-electron chi connectivity index (χ3n) is 2.74. The molecule has 0 radical (unpaired) electrons. The summed E-state index contributed by atoms with van der Waals surface area (Å²) in [7, 11) is -4.02. The zero-order valence-electron chi connectivity index (χ0n) is 12.5. The highest BCUT2D eigenvalue weighted by Gasteiger charge is 2.34. The maximum Gasteiger partial charge on any atom is 0.326 e. The summed E-state index contributed by atoms with van der Waals surface area (Å²) >= 11 is 0. The van der Waals surface area contributed by atoms with Gasteiger partial charge in [0.15, 0.2) is 5.25 Å². The highest BCUT2D eigenvalue weighted by molar-refractivity contribution is 7.91. The van der Waals surface area contributed by atoms with E-state index in [2.05, 4.69) is 0 Å². The summed E-state index contributed by atoms with van der Waals surface area (Å²) in [4.78, 5) is 23.2. The number of rotatable bonds is 10. The summed E-state index contributed by atoms with van der Waals surface area (Å²) in [5.41, 5.74) is 0. The van der Waals surface area contributed by atoms with Crippen LogP contribution in [0.25, 0.3) is 0 Å². The van der Waals surface area contributed by atoms with Crippen molar-refractivity contribution in [1.29, 1.82) is 0 Å². The first-order chi connectivity index (χ1) is 9.38. The Morgan fingerprint density at radius 1 is 1.10 bits per heavy atom. The molecule has 1 atom stereocenters. The van der Waals surface area contributed by atoms with Gasteiger partial charge in [-0.05, 0) is 19.8 Å². The molecular formula is C13H25NO5S. The van der Waals surface area contributed by atoms with Gasteiger partial charge in [-0.2, -0.15) is 0 Å². The van der Waals surface area contributed by atoms with Crippen molar-refractivity contribution in [3.05, 3.63) is 0 Å². The van der Waals surface area contributed by atoms with Crippen LogP contribution in [0.1, 0.15) is 59.3 Å². The first-order valence-corrected chi connectivity index (χ1v) is 8.64. The topological polar surface area (TPSA) is 89.5 Å². The Morgan fingerprint density at radius 3 is 2.25 bits per heavy atom. The summed E-state index contributed by atoms with van der Waals surface area (Å²) in [5.74, 6) is -1.37. The van der Waals surface area contributed by atoms with Crippen molar-refractivity contribution >= 4 is 21.9 Å². The van der Waals surface area contributed by atoms with Crippen LogP contribution in [0.3, 0.4) is 0 Å². The zero-order chi connectivity index (χ0) is 15.6. The molecule has 0 fully saturated rings. The molecule has 0 aliphatic carbocycles. The molecule has 0 aromatic heterocycles. The van der Waals surface area contributed by atoms with Crippen LogP contribution < -0.4 is 4.72 Å². The molecule has 0 aromatic rings. The maximum atomic E-state index is 12.0. The standard InChI is InChI=1S/C13H25NO5S/c1-4-7-8-10-12(15)14-20(17,18)11(9-5-2)13(16)19-6-3/h11H,4-10H2,1-3H3,(H,14,15)/t11-/m0/s1. The van der Waals surface area contributed by atoms with Gasteiger partial charge in [0.2, 0.25) is 15.9 Å². The largest absolute Gasteiger partial charge is 0.465 e. The summed E-state index contributed by atoms with van der Waals surface area (Å²) in [6, 6.07) is 0. The Bertz CT molecular complexity index is 405. The van der Waals surface area contributed by atoms with Gasteiger partial charge in [0, 0.05) is 6.42 Å². The lowest BCUT2D eigenvalue weighted by molar-refractivity contribution is -0.142. The molecule has 0 unspecified atom stereocenters. The van der Waals surface area contributed by atoms with E-state index < -0.39 is 27.1 Å². The van der Waals surface area contributed by atoms with Gasteiger partial charge in [-0.25, -0.2) is 8.42 Å². The van der Waals surface area contributed by atoms with E-state index in [1.807, 2.05) is 11.6 Å². The van der Waals surface area contributed by atoms with Crippen LogP contribution in [0.2, 0.25) is 0 Å². The van der Waals surface area contributed by atoms with Gasteiger partial charge < -0.3 is 4.74 Å². The third-order valence-corrected chi connectivity index (χ3v) is 4.43. The van der Waals surface area contributed by atoms with Crippen LogP contribution in [0.4, 0.5) is 0 Å². The van der Waals surface area contributed by atoms with Gasteiger partial charge in [0.1, 0.15) is 0 Å². The summed E-state index contributed by atoms with van der Waals surface area (Å²) in [5, 5.41) is -1.32. The second-order valence-electron chi connectivity index (χ2n) is 4.56. The lowest BCUT2D eigenvalue weighted by Gasteiger charge is -2.16. The molecule has 20 heavy (non-hydrogen) atoms. The number of carbonyl (C=O) groups excluding carboxylic acids is 2. The number of hydrogen-bond donors (Lipinski definition) is 1. The maximum absolute atomic E-state index is 12.0. The van der Waals surface area contributed by atoms with Crippen LogP contribution >= 0.6 is 0 Å². The fourth-order valence-corrected chi connectivity index (χ4v) is 3.14. The normalized spacial score (nSPS) is 12.8. The first-order valence-electron chi connectivity index (χ1n) is 7.10. The molecule has 0 aliphatic rings. The second-order valence-corrected chi connectivity index (χ2v) is 6.42. The van der Waals surface area contributed by atoms with Crippen molar-refractivity contribution in [3.8, 4) is 0 Å². The molecule has 1 N–H and O–H groups in total. The molecule has 0 aliphatic heterocycles. The Kier molecular flexibility index (Phi) is 9.20. The van der Waals surface area contributed by atoms with Gasteiger partial charge in [-0.1, -0.05) is 33.1 Å². The number of amides is 1. The number of nitrogens with one attached hydrogen (secondary N) is 1. The average molecular weight is 307 g/mol. The first kappa shape index (κ1) is 18.9. The number of esters is 1. The second kappa shape index (κ2) is 9.74. The number of carbonyl (C=O) groups is 2. The van der Waals surface area contributed by atoms with E-state index in [1.165, 1.54) is 0 Å². The van der Waals surface area contributed by atoms with E-state index in [0.717, 1.165) is 12.8 Å². The van der Waals surface area contributed by atoms with E-state index in [1.54, 1.807) is 13.8 Å². The molecule has 0 bridgehead atoms. The average Bonchev–Trinajstić information content (AvgIpc) is 2.35. The van der Waals surface area contributed by atoms with Crippen LogP contribution in [-0.2, 0) is 24.3 Å². The van der Waals surface area contributed by atoms with Crippen LogP contribution in [-0.4, -0.2) is 32.2 Å². The molecule has 0 aromatic carbocycles. The third kappa shape index (κ3) is 6.88. The predicted octanol–water partition coefficient (Wildman–Crippen LogP) is 1.74. The van der Waals surface area contributed by atoms with Gasteiger partial charge in [-0.3, -0.25) is 14.3 Å². The lowest BCUT2D eigenvalue weighted by Crippen LogP contribution is -2.43. The number of ether oxygens (including phenoxy) is 1. The van der Waals surface area contributed by atoms with E-state index in [0.29, 0.717) is 12.8 Å². The van der Waals surface area contributed by atoms with E-state index >= 15 is 0 Å². The predicted molar refractivity (Wildman–Crippen MR) is 76.5 cm³/mol. The molecule has 118 valence electrons. The molecule has 0 saturated carbocycles. The van der Waals surface area contributed by atoms with Crippen molar-refractivity contribution in [3.63, 3.8) is 0 Å².